The van der Waals surface area contributed by atoms with Crippen molar-refractivity contribution in [3.8, 4) is 0 Å². The van der Waals surface area contributed by atoms with Crippen molar-refractivity contribution in [1.29, 1.82) is 0 Å². The largest absolute Gasteiger partial charge is 0.379 e. The molecule has 4 nitrogen and oxygen atoms in total. The Morgan fingerprint density at radius 1 is 1.38 bits per heavy atom. The minimum Gasteiger partial charge on any atom is -0.379 e. The first kappa shape index (κ1) is 18.2. The second kappa shape index (κ2) is 8.54. The van der Waals surface area contributed by atoms with Crippen LogP contribution in [-0.2, 0) is 9.53 Å². The molecule has 4 heteroatoms. The number of carbonyl (C=O) groups excluding carboxylic acids is 1. The number of allylic oxidation sites excluding steroid dienone is 1. The van der Waals surface area contributed by atoms with Gasteiger partial charge in [0.2, 0.25) is 5.91 Å². The van der Waals surface area contributed by atoms with Crippen LogP contribution in [0, 0.1) is 5.41 Å². The molecule has 1 rings (SSSR count). The lowest BCUT2D eigenvalue weighted by molar-refractivity contribution is -0.122. The van der Waals surface area contributed by atoms with Gasteiger partial charge in [-0.25, -0.2) is 0 Å². The maximum Gasteiger partial charge on any atom is 0.238 e. The van der Waals surface area contributed by atoms with Gasteiger partial charge in [-0.3, -0.25) is 9.69 Å². The average Bonchev–Trinajstić information content (AvgIpc) is 2.37. The van der Waals surface area contributed by atoms with Gasteiger partial charge < -0.3 is 10.1 Å². The normalized spacial score (nSPS) is 18.7. The third-order valence-electron chi connectivity index (χ3n) is 4.16. The fourth-order valence-corrected chi connectivity index (χ4v) is 2.80. The highest BCUT2D eigenvalue weighted by Gasteiger charge is 2.30. The van der Waals surface area contributed by atoms with Crippen LogP contribution < -0.4 is 5.32 Å². The first-order valence-corrected chi connectivity index (χ1v) is 8.10. The number of nitrogens with zero attached hydrogens (tertiary/aromatic N) is 1. The Morgan fingerprint density at radius 3 is 2.52 bits per heavy atom. The molecule has 1 N–H and O–H groups in total. The quantitative estimate of drug-likeness (QED) is 0.700. The fraction of sp³-hybridized carbons (Fsp3) is 0.824. The van der Waals surface area contributed by atoms with Gasteiger partial charge in [0.05, 0.1) is 12.6 Å². The molecule has 0 aromatic carbocycles. The minimum absolute atomic E-state index is 0.0523. The Morgan fingerprint density at radius 2 is 2.00 bits per heavy atom. The van der Waals surface area contributed by atoms with Crippen molar-refractivity contribution in [1.82, 2.24) is 10.2 Å². The van der Waals surface area contributed by atoms with Crippen LogP contribution in [-0.4, -0.2) is 43.2 Å². The van der Waals surface area contributed by atoms with Gasteiger partial charge in [-0.05, 0) is 65.0 Å². The lowest BCUT2D eigenvalue weighted by Crippen LogP contribution is -2.43. The van der Waals surface area contributed by atoms with E-state index < -0.39 is 0 Å². The zero-order valence-electron chi connectivity index (χ0n) is 14.2. The highest BCUT2D eigenvalue weighted by atomic mass is 16.5. The number of amides is 1. The van der Waals surface area contributed by atoms with Gasteiger partial charge in [0.15, 0.2) is 0 Å². The molecule has 0 saturated carbocycles. The van der Waals surface area contributed by atoms with Crippen LogP contribution in [0.1, 0.15) is 53.4 Å². The summed E-state index contributed by atoms with van der Waals surface area (Å²) in [5.74, 6) is 0.0523. The summed E-state index contributed by atoms with van der Waals surface area (Å²) in [7, 11) is 0. The van der Waals surface area contributed by atoms with E-state index in [2.05, 4.69) is 37.6 Å². The predicted octanol–water partition coefficient (Wildman–Crippen LogP) is 2.94. The first-order valence-electron chi connectivity index (χ1n) is 8.10. The summed E-state index contributed by atoms with van der Waals surface area (Å²) in [4.78, 5) is 14.0. The summed E-state index contributed by atoms with van der Waals surface area (Å²) in [6.07, 6.45) is 4.99. The topological polar surface area (TPSA) is 41.6 Å². The molecule has 0 aromatic rings. The average molecular weight is 296 g/mol. The van der Waals surface area contributed by atoms with Crippen LogP contribution in [0.25, 0.3) is 0 Å². The molecule has 1 amide bonds. The van der Waals surface area contributed by atoms with E-state index in [1.165, 1.54) is 6.42 Å². The Bertz CT molecular complexity index is 345. The molecule has 0 atom stereocenters. The molecule has 122 valence electrons. The second-order valence-electron chi connectivity index (χ2n) is 6.94. The van der Waals surface area contributed by atoms with E-state index in [1.807, 2.05) is 6.92 Å². The third kappa shape index (κ3) is 7.63. The molecule has 1 heterocycles. The number of hydrogen-bond donors (Lipinski definition) is 1. The Balaban J connectivity index is 2.23. The Labute approximate surface area is 129 Å². The molecule has 1 saturated heterocycles. The molecule has 0 bridgehead atoms. The standard InChI is InChI=1S/C17H32N2O2/c1-14(2)18-16(20)13-19-10-8-17(5,9-11-19)7-6-12-21-15(3)4/h15H,1,6-13H2,2-5H3,(H,18,20). The molecule has 21 heavy (non-hydrogen) atoms. The molecule has 0 aromatic heterocycles. The third-order valence-corrected chi connectivity index (χ3v) is 4.16. The number of piperidine rings is 1. The summed E-state index contributed by atoms with van der Waals surface area (Å²) in [5, 5.41) is 2.77. The summed E-state index contributed by atoms with van der Waals surface area (Å²) < 4.78 is 5.62. The molecule has 1 aliphatic heterocycles. The van der Waals surface area contributed by atoms with E-state index in [0.717, 1.165) is 39.0 Å². The van der Waals surface area contributed by atoms with Crippen molar-refractivity contribution in [3.63, 3.8) is 0 Å². The molecule has 0 radical (unpaired) electrons. The van der Waals surface area contributed by atoms with Gasteiger partial charge in [-0.2, -0.15) is 0 Å². The van der Waals surface area contributed by atoms with Crippen molar-refractivity contribution < 1.29 is 9.53 Å². The van der Waals surface area contributed by atoms with Crippen LogP contribution in [0.5, 0.6) is 0 Å². The maximum absolute atomic E-state index is 11.7. The van der Waals surface area contributed by atoms with Crippen LogP contribution in [0.3, 0.4) is 0 Å². The van der Waals surface area contributed by atoms with E-state index in [0.29, 0.717) is 23.8 Å². The number of nitrogens with one attached hydrogen (secondary N) is 1. The van der Waals surface area contributed by atoms with Gasteiger partial charge in [0.1, 0.15) is 0 Å². The summed E-state index contributed by atoms with van der Waals surface area (Å²) in [5.41, 5.74) is 1.12. The summed E-state index contributed by atoms with van der Waals surface area (Å²) in [6.45, 7) is 15.4. The minimum atomic E-state index is 0.0523. The zero-order valence-corrected chi connectivity index (χ0v) is 14.2. The van der Waals surface area contributed by atoms with Crippen molar-refractivity contribution >= 4 is 5.91 Å². The predicted molar refractivity (Wildman–Crippen MR) is 87.1 cm³/mol. The van der Waals surface area contributed by atoms with Crippen molar-refractivity contribution in [2.75, 3.05) is 26.2 Å². The lowest BCUT2D eigenvalue weighted by Gasteiger charge is -2.39. The number of ether oxygens (including phenoxy) is 1. The van der Waals surface area contributed by atoms with Crippen LogP contribution in [0.2, 0.25) is 0 Å². The molecule has 0 unspecified atom stereocenters. The first-order chi connectivity index (χ1) is 9.81. The summed E-state index contributed by atoms with van der Waals surface area (Å²) >= 11 is 0. The van der Waals surface area contributed by atoms with Crippen molar-refractivity contribution in [2.24, 2.45) is 5.41 Å². The highest BCUT2D eigenvalue weighted by molar-refractivity contribution is 5.79. The van der Waals surface area contributed by atoms with E-state index >= 15 is 0 Å². The van der Waals surface area contributed by atoms with Crippen LogP contribution >= 0.6 is 0 Å². The Kier molecular flexibility index (Phi) is 7.40. The van der Waals surface area contributed by atoms with Gasteiger partial charge in [0, 0.05) is 12.3 Å². The maximum atomic E-state index is 11.7. The molecular weight excluding hydrogens is 264 g/mol. The monoisotopic (exact) mass is 296 g/mol. The van der Waals surface area contributed by atoms with Crippen LogP contribution in [0.15, 0.2) is 12.3 Å². The molecular formula is C17H32N2O2. The van der Waals surface area contributed by atoms with E-state index in [-0.39, 0.29) is 5.91 Å². The Hall–Kier alpha value is -0.870. The van der Waals surface area contributed by atoms with Gasteiger partial charge in [-0.1, -0.05) is 13.5 Å². The fourth-order valence-electron chi connectivity index (χ4n) is 2.80. The van der Waals surface area contributed by atoms with E-state index in [9.17, 15) is 4.79 Å². The molecule has 1 fully saturated rings. The molecule has 0 aliphatic carbocycles. The lowest BCUT2D eigenvalue weighted by atomic mass is 9.77. The smallest absolute Gasteiger partial charge is 0.238 e. The van der Waals surface area contributed by atoms with E-state index in [4.69, 9.17) is 4.74 Å². The van der Waals surface area contributed by atoms with Crippen LogP contribution in [0.4, 0.5) is 0 Å². The van der Waals surface area contributed by atoms with Gasteiger partial charge in [0.25, 0.3) is 0 Å². The summed E-state index contributed by atoms with van der Waals surface area (Å²) in [6, 6.07) is 0. The van der Waals surface area contributed by atoms with E-state index in [1.54, 1.807) is 0 Å². The number of carbonyl (C=O) groups is 1. The highest BCUT2D eigenvalue weighted by Crippen LogP contribution is 2.35. The number of rotatable bonds is 8. The van der Waals surface area contributed by atoms with Gasteiger partial charge in [-0.15, -0.1) is 0 Å². The SMILES string of the molecule is C=C(C)NC(=O)CN1CCC(C)(CCCOC(C)C)CC1. The second-order valence-corrected chi connectivity index (χ2v) is 6.94. The number of hydrogen-bond acceptors (Lipinski definition) is 3. The molecule has 0 spiro atoms. The zero-order chi connectivity index (χ0) is 15.9. The molecule has 1 aliphatic rings. The number of likely N-dealkylation sites (tertiary alicyclic amines) is 1. The van der Waals surface area contributed by atoms with Crippen molar-refractivity contribution in [3.05, 3.63) is 12.3 Å². The van der Waals surface area contributed by atoms with Crippen molar-refractivity contribution in [2.45, 2.75) is 59.5 Å². The van der Waals surface area contributed by atoms with Gasteiger partial charge >= 0.3 is 0 Å².